The van der Waals surface area contributed by atoms with Crippen molar-refractivity contribution in [3.8, 4) is 5.75 Å². The third kappa shape index (κ3) is 2.37. The van der Waals surface area contributed by atoms with Crippen molar-refractivity contribution in [2.75, 3.05) is 13.7 Å². The first kappa shape index (κ1) is 11.7. The SMILES string of the molecule is COc1ccc([C@](C)(N)CO)cc1I. The molecule has 0 amide bonds. The highest BCUT2D eigenvalue weighted by Crippen LogP contribution is 2.26. The summed E-state index contributed by atoms with van der Waals surface area (Å²) in [5, 5.41) is 9.11. The molecule has 0 spiro atoms. The standard InChI is InChI=1S/C10H14INO2/c1-10(12,6-13)7-3-4-9(14-2)8(11)5-7/h3-5,13H,6,12H2,1-2H3/t10-/m1/s1. The van der Waals surface area contributed by atoms with Gasteiger partial charge in [-0.15, -0.1) is 0 Å². The van der Waals surface area contributed by atoms with Gasteiger partial charge in [0.05, 0.1) is 22.8 Å². The summed E-state index contributed by atoms with van der Waals surface area (Å²) in [4.78, 5) is 0. The monoisotopic (exact) mass is 307 g/mol. The van der Waals surface area contributed by atoms with Crippen molar-refractivity contribution in [1.29, 1.82) is 0 Å². The van der Waals surface area contributed by atoms with Crippen LogP contribution in [0.25, 0.3) is 0 Å². The number of hydrogen-bond donors (Lipinski definition) is 2. The lowest BCUT2D eigenvalue weighted by Crippen LogP contribution is -2.36. The van der Waals surface area contributed by atoms with Crippen LogP contribution in [0.15, 0.2) is 18.2 Å². The van der Waals surface area contributed by atoms with Crippen LogP contribution >= 0.6 is 22.6 Å². The van der Waals surface area contributed by atoms with Gasteiger partial charge in [-0.25, -0.2) is 0 Å². The van der Waals surface area contributed by atoms with Gasteiger partial charge in [-0.2, -0.15) is 0 Å². The molecule has 0 fully saturated rings. The van der Waals surface area contributed by atoms with E-state index in [0.29, 0.717) is 0 Å². The molecule has 0 radical (unpaired) electrons. The van der Waals surface area contributed by atoms with Crippen LogP contribution < -0.4 is 10.5 Å². The van der Waals surface area contributed by atoms with Crippen LogP contribution in [-0.4, -0.2) is 18.8 Å². The van der Waals surface area contributed by atoms with E-state index in [-0.39, 0.29) is 6.61 Å². The number of halogens is 1. The van der Waals surface area contributed by atoms with E-state index < -0.39 is 5.54 Å². The van der Waals surface area contributed by atoms with Crippen molar-refractivity contribution < 1.29 is 9.84 Å². The second kappa shape index (κ2) is 4.46. The summed E-state index contributed by atoms with van der Waals surface area (Å²) in [6, 6.07) is 5.66. The molecular weight excluding hydrogens is 293 g/mol. The largest absolute Gasteiger partial charge is 0.496 e. The first-order valence-electron chi connectivity index (χ1n) is 4.25. The van der Waals surface area contributed by atoms with Crippen LogP contribution in [0, 0.1) is 3.57 Å². The molecule has 0 aliphatic rings. The summed E-state index contributed by atoms with van der Waals surface area (Å²) in [7, 11) is 1.63. The molecule has 0 saturated heterocycles. The van der Waals surface area contributed by atoms with Crippen LogP contribution in [0.4, 0.5) is 0 Å². The Morgan fingerprint density at radius 3 is 2.64 bits per heavy atom. The molecule has 0 bridgehead atoms. The van der Waals surface area contributed by atoms with E-state index in [1.165, 1.54) is 0 Å². The predicted octanol–water partition coefficient (Wildman–Crippen LogP) is 1.47. The molecule has 0 heterocycles. The fourth-order valence-corrected chi connectivity index (χ4v) is 1.85. The third-order valence-electron chi connectivity index (χ3n) is 2.14. The van der Waals surface area contributed by atoms with Crippen molar-refractivity contribution in [2.45, 2.75) is 12.5 Å². The number of methoxy groups -OCH3 is 1. The van der Waals surface area contributed by atoms with Crippen molar-refractivity contribution in [1.82, 2.24) is 0 Å². The Labute approximate surface area is 97.4 Å². The number of ether oxygens (including phenoxy) is 1. The minimum atomic E-state index is -0.688. The summed E-state index contributed by atoms with van der Waals surface area (Å²) in [6.07, 6.45) is 0. The molecule has 1 aromatic carbocycles. The predicted molar refractivity (Wildman–Crippen MR) is 64.3 cm³/mol. The van der Waals surface area contributed by atoms with Gasteiger partial charge >= 0.3 is 0 Å². The molecule has 3 N–H and O–H groups in total. The van der Waals surface area contributed by atoms with Crippen LogP contribution in [0.2, 0.25) is 0 Å². The second-order valence-corrected chi connectivity index (χ2v) is 4.59. The fourth-order valence-electron chi connectivity index (χ4n) is 1.11. The van der Waals surface area contributed by atoms with E-state index >= 15 is 0 Å². The zero-order chi connectivity index (χ0) is 10.8. The lowest BCUT2D eigenvalue weighted by Gasteiger charge is -2.22. The lowest BCUT2D eigenvalue weighted by molar-refractivity contribution is 0.210. The molecule has 1 aromatic rings. The average Bonchev–Trinajstić information content (AvgIpc) is 2.17. The van der Waals surface area contributed by atoms with Crippen molar-refractivity contribution in [3.05, 3.63) is 27.3 Å². The van der Waals surface area contributed by atoms with Crippen LogP contribution in [0.3, 0.4) is 0 Å². The number of rotatable bonds is 3. The summed E-state index contributed by atoms with van der Waals surface area (Å²) in [5.41, 5.74) is 6.12. The molecule has 78 valence electrons. The summed E-state index contributed by atoms with van der Waals surface area (Å²) in [6.45, 7) is 1.72. The Morgan fingerprint density at radius 1 is 1.57 bits per heavy atom. The molecule has 1 rings (SSSR count). The number of hydrogen-bond acceptors (Lipinski definition) is 3. The Hall–Kier alpha value is -0.330. The molecule has 3 nitrogen and oxygen atoms in total. The maximum Gasteiger partial charge on any atom is 0.132 e. The zero-order valence-electron chi connectivity index (χ0n) is 8.25. The first-order valence-corrected chi connectivity index (χ1v) is 5.33. The molecule has 0 aromatic heterocycles. The van der Waals surface area contributed by atoms with E-state index in [9.17, 15) is 0 Å². The molecule has 0 unspecified atom stereocenters. The molecule has 0 aliphatic heterocycles. The van der Waals surface area contributed by atoms with Gasteiger partial charge < -0.3 is 15.6 Å². The van der Waals surface area contributed by atoms with E-state index in [1.54, 1.807) is 14.0 Å². The van der Waals surface area contributed by atoms with Crippen molar-refractivity contribution in [3.63, 3.8) is 0 Å². The van der Waals surface area contributed by atoms with E-state index in [1.807, 2.05) is 18.2 Å². The molecule has 0 saturated carbocycles. The minimum absolute atomic E-state index is 0.0740. The highest BCUT2D eigenvalue weighted by molar-refractivity contribution is 14.1. The quantitative estimate of drug-likeness (QED) is 0.832. The van der Waals surface area contributed by atoms with E-state index in [0.717, 1.165) is 14.9 Å². The average molecular weight is 307 g/mol. The molecule has 0 aliphatic carbocycles. The first-order chi connectivity index (χ1) is 6.51. The highest BCUT2D eigenvalue weighted by Gasteiger charge is 2.20. The Morgan fingerprint density at radius 2 is 2.21 bits per heavy atom. The number of nitrogens with two attached hydrogens (primary N) is 1. The van der Waals surface area contributed by atoms with Crippen molar-refractivity contribution in [2.24, 2.45) is 5.73 Å². The van der Waals surface area contributed by atoms with E-state index in [4.69, 9.17) is 15.6 Å². The smallest absolute Gasteiger partial charge is 0.132 e. The minimum Gasteiger partial charge on any atom is -0.496 e. The lowest BCUT2D eigenvalue weighted by atomic mass is 9.94. The molecular formula is C10H14INO2. The third-order valence-corrected chi connectivity index (χ3v) is 2.98. The zero-order valence-corrected chi connectivity index (χ0v) is 10.4. The van der Waals surface area contributed by atoms with E-state index in [2.05, 4.69) is 22.6 Å². The van der Waals surface area contributed by atoms with Gasteiger partial charge in [0.25, 0.3) is 0 Å². The fraction of sp³-hybridized carbons (Fsp3) is 0.400. The van der Waals surface area contributed by atoms with Gasteiger partial charge in [0, 0.05) is 0 Å². The topological polar surface area (TPSA) is 55.5 Å². The van der Waals surface area contributed by atoms with Gasteiger partial charge in [-0.1, -0.05) is 6.07 Å². The normalized spacial score (nSPS) is 14.9. The Bertz CT molecular complexity index is 326. The highest BCUT2D eigenvalue weighted by atomic mass is 127. The molecule has 1 atom stereocenters. The maximum atomic E-state index is 9.11. The molecule has 14 heavy (non-hydrogen) atoms. The number of benzene rings is 1. The summed E-state index contributed by atoms with van der Waals surface area (Å²) >= 11 is 2.18. The maximum absolute atomic E-state index is 9.11. The van der Waals surface area contributed by atoms with Gasteiger partial charge in [0.1, 0.15) is 5.75 Å². The van der Waals surface area contributed by atoms with Crippen LogP contribution in [-0.2, 0) is 5.54 Å². The number of aliphatic hydroxyl groups excluding tert-OH is 1. The molecule has 4 heteroatoms. The van der Waals surface area contributed by atoms with Crippen molar-refractivity contribution >= 4 is 22.6 Å². The van der Waals surface area contributed by atoms with Gasteiger partial charge in [-0.05, 0) is 47.2 Å². The number of aliphatic hydroxyl groups is 1. The Balaban J connectivity index is 3.08. The van der Waals surface area contributed by atoms with Crippen LogP contribution in [0.1, 0.15) is 12.5 Å². The second-order valence-electron chi connectivity index (χ2n) is 3.42. The van der Waals surface area contributed by atoms with Crippen LogP contribution in [0.5, 0.6) is 5.75 Å². The van der Waals surface area contributed by atoms with Gasteiger partial charge in [0.2, 0.25) is 0 Å². The summed E-state index contributed by atoms with van der Waals surface area (Å²) in [5.74, 6) is 0.822. The Kier molecular flexibility index (Phi) is 3.74. The van der Waals surface area contributed by atoms with Gasteiger partial charge in [0.15, 0.2) is 0 Å². The van der Waals surface area contributed by atoms with Gasteiger partial charge in [-0.3, -0.25) is 0 Å². The summed E-state index contributed by atoms with van der Waals surface area (Å²) < 4.78 is 6.13.